The number of hydrogen-bond acceptors (Lipinski definition) is 2. The van der Waals surface area contributed by atoms with Crippen molar-refractivity contribution in [1.82, 2.24) is 0 Å². The highest BCUT2D eigenvalue weighted by atomic mass is 35.5. The lowest BCUT2D eigenvalue weighted by Gasteiger charge is -2.14. The van der Waals surface area contributed by atoms with Crippen molar-refractivity contribution in [3.8, 4) is 0 Å². The highest BCUT2D eigenvalue weighted by molar-refractivity contribution is 6.31. The minimum Gasteiger partial charge on any atom is -0.396 e. The Morgan fingerprint density at radius 2 is 2.21 bits per heavy atom. The Bertz CT molecular complexity index is 301. The predicted molar refractivity (Wildman–Crippen MR) is 59.7 cm³/mol. The number of nitrogens with two attached hydrogens (primary N) is 1. The third-order valence-corrected chi connectivity index (χ3v) is 2.84. The summed E-state index contributed by atoms with van der Waals surface area (Å²) >= 11 is 6.01. The molecule has 2 nitrogen and oxygen atoms in total. The van der Waals surface area contributed by atoms with Crippen LogP contribution in [-0.2, 0) is 0 Å². The molecule has 1 aromatic carbocycles. The van der Waals surface area contributed by atoms with Gasteiger partial charge in [-0.2, -0.15) is 0 Å². The van der Waals surface area contributed by atoms with Crippen LogP contribution < -0.4 is 5.73 Å². The van der Waals surface area contributed by atoms with Crippen LogP contribution in [0.4, 0.5) is 0 Å². The maximum Gasteiger partial charge on any atom is 0.0438 e. The molecule has 0 spiro atoms. The van der Waals surface area contributed by atoms with Gasteiger partial charge in [0.05, 0.1) is 0 Å². The minimum absolute atomic E-state index is 0.160. The molecule has 0 aliphatic heterocycles. The molecule has 3 N–H and O–H groups in total. The average Bonchev–Trinajstić information content (AvgIpc) is 2.19. The van der Waals surface area contributed by atoms with Gasteiger partial charge < -0.3 is 10.8 Å². The lowest BCUT2D eigenvalue weighted by atomic mass is 9.95. The zero-order valence-corrected chi connectivity index (χ0v) is 9.09. The van der Waals surface area contributed by atoms with Crippen LogP contribution in [0, 0.1) is 6.92 Å². The molecule has 3 heteroatoms. The van der Waals surface area contributed by atoms with Crippen LogP contribution in [0.3, 0.4) is 0 Å². The van der Waals surface area contributed by atoms with Gasteiger partial charge in [-0.05, 0) is 43.0 Å². The van der Waals surface area contributed by atoms with Crippen LogP contribution in [0.1, 0.15) is 23.5 Å². The number of benzene rings is 1. The molecule has 78 valence electrons. The first-order valence-electron chi connectivity index (χ1n) is 4.76. The summed E-state index contributed by atoms with van der Waals surface area (Å²) in [7, 11) is 0. The third-order valence-electron chi connectivity index (χ3n) is 2.43. The van der Waals surface area contributed by atoms with Crippen molar-refractivity contribution in [3.05, 3.63) is 34.3 Å². The molecule has 0 radical (unpaired) electrons. The van der Waals surface area contributed by atoms with E-state index < -0.39 is 0 Å². The molecule has 0 aliphatic rings. The smallest absolute Gasteiger partial charge is 0.0438 e. The fourth-order valence-electron chi connectivity index (χ4n) is 1.44. The van der Waals surface area contributed by atoms with E-state index in [1.165, 1.54) is 0 Å². The zero-order valence-electron chi connectivity index (χ0n) is 8.33. The van der Waals surface area contributed by atoms with Crippen molar-refractivity contribution in [3.63, 3.8) is 0 Å². The first kappa shape index (κ1) is 11.5. The van der Waals surface area contributed by atoms with E-state index in [1.54, 1.807) is 0 Å². The molecular weight excluding hydrogens is 198 g/mol. The van der Waals surface area contributed by atoms with Crippen LogP contribution >= 0.6 is 11.6 Å². The molecule has 0 saturated heterocycles. The fraction of sp³-hybridized carbons (Fsp3) is 0.455. The Morgan fingerprint density at radius 1 is 1.50 bits per heavy atom. The Balaban J connectivity index is 2.88. The molecule has 0 aliphatic carbocycles. The normalized spacial score (nSPS) is 12.9. The van der Waals surface area contributed by atoms with Gasteiger partial charge in [0.1, 0.15) is 0 Å². The average molecular weight is 214 g/mol. The first-order chi connectivity index (χ1) is 6.69. The van der Waals surface area contributed by atoms with Gasteiger partial charge in [0, 0.05) is 11.6 Å². The van der Waals surface area contributed by atoms with Crippen molar-refractivity contribution in [1.29, 1.82) is 0 Å². The summed E-state index contributed by atoms with van der Waals surface area (Å²) in [4.78, 5) is 0. The van der Waals surface area contributed by atoms with Crippen LogP contribution in [0.25, 0.3) is 0 Å². The predicted octanol–water partition coefficient (Wildman–Crippen LogP) is 2.07. The molecule has 0 aromatic heterocycles. The molecule has 0 saturated carbocycles. The van der Waals surface area contributed by atoms with Gasteiger partial charge >= 0.3 is 0 Å². The van der Waals surface area contributed by atoms with E-state index in [2.05, 4.69) is 0 Å². The molecular formula is C11H16ClNO. The number of aliphatic hydroxyl groups is 1. The zero-order chi connectivity index (χ0) is 10.6. The standard InChI is InChI=1S/C11H16ClNO/c1-8-2-3-9(6-11(8)12)10(7-13)4-5-14/h2-3,6,10,14H,4-5,7,13H2,1H3. The summed E-state index contributed by atoms with van der Waals surface area (Å²) in [5.41, 5.74) is 7.80. The Kier molecular flexibility index (Phi) is 4.39. The highest BCUT2D eigenvalue weighted by Gasteiger charge is 2.09. The Morgan fingerprint density at radius 3 is 2.71 bits per heavy atom. The van der Waals surface area contributed by atoms with Gasteiger partial charge in [-0.25, -0.2) is 0 Å². The minimum atomic E-state index is 0.160. The second kappa shape index (κ2) is 5.35. The van der Waals surface area contributed by atoms with E-state index in [4.69, 9.17) is 22.4 Å². The number of rotatable bonds is 4. The van der Waals surface area contributed by atoms with Gasteiger partial charge in [0.15, 0.2) is 0 Å². The second-order valence-corrected chi connectivity index (χ2v) is 3.86. The van der Waals surface area contributed by atoms with E-state index in [0.29, 0.717) is 13.0 Å². The van der Waals surface area contributed by atoms with E-state index >= 15 is 0 Å². The summed E-state index contributed by atoms with van der Waals surface area (Å²) in [6.45, 7) is 2.67. The van der Waals surface area contributed by atoms with Gasteiger partial charge in [-0.3, -0.25) is 0 Å². The van der Waals surface area contributed by atoms with Gasteiger partial charge in [0.2, 0.25) is 0 Å². The molecule has 1 atom stereocenters. The van der Waals surface area contributed by atoms with Crippen molar-refractivity contribution in [2.45, 2.75) is 19.3 Å². The summed E-state index contributed by atoms with van der Waals surface area (Å²) in [5, 5.41) is 9.63. The molecule has 0 heterocycles. The summed E-state index contributed by atoms with van der Waals surface area (Å²) in [6, 6.07) is 5.94. The summed E-state index contributed by atoms with van der Waals surface area (Å²) in [6.07, 6.45) is 0.690. The maximum absolute atomic E-state index is 8.86. The molecule has 0 fully saturated rings. The lowest BCUT2D eigenvalue weighted by Crippen LogP contribution is -2.13. The molecule has 1 rings (SSSR count). The SMILES string of the molecule is Cc1ccc(C(CN)CCO)cc1Cl. The first-order valence-corrected chi connectivity index (χ1v) is 5.13. The molecule has 0 amide bonds. The van der Waals surface area contributed by atoms with Crippen LogP contribution in [-0.4, -0.2) is 18.3 Å². The Hall–Kier alpha value is -0.570. The monoisotopic (exact) mass is 213 g/mol. The summed E-state index contributed by atoms with van der Waals surface area (Å²) in [5.74, 6) is 0.207. The largest absolute Gasteiger partial charge is 0.396 e. The van der Waals surface area contributed by atoms with Crippen LogP contribution in [0.5, 0.6) is 0 Å². The number of halogens is 1. The second-order valence-electron chi connectivity index (χ2n) is 3.45. The van der Waals surface area contributed by atoms with Gasteiger partial charge in [0.25, 0.3) is 0 Å². The molecule has 0 bridgehead atoms. The lowest BCUT2D eigenvalue weighted by molar-refractivity contribution is 0.276. The molecule has 14 heavy (non-hydrogen) atoms. The van der Waals surface area contributed by atoms with Crippen molar-refractivity contribution < 1.29 is 5.11 Å². The quantitative estimate of drug-likeness (QED) is 0.805. The van der Waals surface area contributed by atoms with E-state index in [-0.39, 0.29) is 12.5 Å². The van der Waals surface area contributed by atoms with Crippen LogP contribution in [0.2, 0.25) is 5.02 Å². The Labute approximate surface area is 89.7 Å². The van der Waals surface area contributed by atoms with Crippen molar-refractivity contribution >= 4 is 11.6 Å². The van der Waals surface area contributed by atoms with Gasteiger partial charge in [-0.15, -0.1) is 0 Å². The van der Waals surface area contributed by atoms with Crippen LogP contribution in [0.15, 0.2) is 18.2 Å². The molecule has 1 aromatic rings. The summed E-state index contributed by atoms with van der Waals surface area (Å²) < 4.78 is 0. The van der Waals surface area contributed by atoms with Gasteiger partial charge in [-0.1, -0.05) is 23.7 Å². The van der Waals surface area contributed by atoms with E-state index in [1.807, 2.05) is 25.1 Å². The van der Waals surface area contributed by atoms with E-state index in [0.717, 1.165) is 16.1 Å². The fourth-order valence-corrected chi connectivity index (χ4v) is 1.63. The van der Waals surface area contributed by atoms with Crippen molar-refractivity contribution in [2.75, 3.05) is 13.2 Å². The van der Waals surface area contributed by atoms with Crippen molar-refractivity contribution in [2.24, 2.45) is 5.73 Å². The van der Waals surface area contributed by atoms with E-state index in [9.17, 15) is 0 Å². The number of aryl methyl sites for hydroxylation is 1. The number of hydrogen-bond donors (Lipinski definition) is 2. The molecule has 1 unspecified atom stereocenters. The third kappa shape index (κ3) is 2.71. The topological polar surface area (TPSA) is 46.2 Å². The number of aliphatic hydroxyl groups excluding tert-OH is 1. The highest BCUT2D eigenvalue weighted by Crippen LogP contribution is 2.23. The maximum atomic E-state index is 8.86.